The Morgan fingerprint density at radius 3 is 2.28 bits per heavy atom. The third-order valence-electron chi connectivity index (χ3n) is 4.97. The van der Waals surface area contributed by atoms with Crippen molar-refractivity contribution in [2.75, 3.05) is 0 Å². The lowest BCUT2D eigenvalue weighted by Gasteiger charge is -2.28. The second-order valence-electron chi connectivity index (χ2n) is 7.15. The first-order valence-corrected chi connectivity index (χ1v) is 9.19. The van der Waals surface area contributed by atoms with E-state index in [0.717, 1.165) is 42.6 Å². The van der Waals surface area contributed by atoms with Crippen LogP contribution in [0.2, 0.25) is 0 Å². The van der Waals surface area contributed by atoms with Gasteiger partial charge in [0, 0.05) is 6.54 Å². The van der Waals surface area contributed by atoms with E-state index in [1.165, 1.54) is 0 Å². The molecule has 2 aromatic carbocycles. The highest BCUT2D eigenvalue weighted by Crippen LogP contribution is 2.41. The predicted octanol–water partition coefficient (Wildman–Crippen LogP) is 4.60. The fourth-order valence-corrected chi connectivity index (χ4v) is 3.69. The fourth-order valence-electron chi connectivity index (χ4n) is 3.69. The number of amides is 1. The molecule has 0 heterocycles. The molecule has 0 atom stereocenters. The first-order valence-electron chi connectivity index (χ1n) is 9.19. The minimum atomic E-state index is -0.359. The van der Waals surface area contributed by atoms with Crippen molar-refractivity contribution in [2.45, 2.75) is 57.6 Å². The quantitative estimate of drug-likeness (QED) is 0.836. The summed E-state index contributed by atoms with van der Waals surface area (Å²) in [5.74, 6) is 1.01. The average Bonchev–Trinajstić information content (AvgIpc) is 3.12. The molecule has 0 aromatic heterocycles. The van der Waals surface area contributed by atoms with Gasteiger partial charge in [-0.3, -0.25) is 4.79 Å². The third kappa shape index (κ3) is 4.04. The molecule has 0 bridgehead atoms. The fraction of sp³-hybridized carbons (Fsp3) is 0.409. The normalized spacial score (nSPS) is 16.0. The average molecular weight is 337 g/mol. The number of hydrogen-bond donors (Lipinski definition) is 1. The highest BCUT2D eigenvalue weighted by molar-refractivity contribution is 5.88. The predicted molar refractivity (Wildman–Crippen MR) is 101 cm³/mol. The van der Waals surface area contributed by atoms with Crippen LogP contribution in [0.1, 0.15) is 50.7 Å². The van der Waals surface area contributed by atoms with E-state index < -0.39 is 0 Å². The molecule has 0 saturated heterocycles. The summed E-state index contributed by atoms with van der Waals surface area (Å²) in [6.45, 7) is 4.58. The van der Waals surface area contributed by atoms with Crippen LogP contribution in [0.15, 0.2) is 54.6 Å². The van der Waals surface area contributed by atoms with E-state index in [1.807, 2.05) is 56.3 Å². The Morgan fingerprint density at radius 2 is 1.68 bits per heavy atom. The number of rotatable bonds is 6. The molecule has 3 heteroatoms. The van der Waals surface area contributed by atoms with Crippen LogP contribution in [-0.2, 0) is 16.8 Å². The van der Waals surface area contributed by atoms with Gasteiger partial charge in [-0.25, -0.2) is 0 Å². The number of carbonyl (C=O) groups excluding carboxylic acids is 1. The van der Waals surface area contributed by atoms with Gasteiger partial charge < -0.3 is 10.1 Å². The van der Waals surface area contributed by atoms with Crippen LogP contribution in [0.4, 0.5) is 0 Å². The Hall–Kier alpha value is -2.29. The highest BCUT2D eigenvalue weighted by Gasteiger charge is 2.42. The van der Waals surface area contributed by atoms with Gasteiger partial charge in [0.15, 0.2) is 0 Å². The van der Waals surface area contributed by atoms with Crippen molar-refractivity contribution < 1.29 is 9.53 Å². The summed E-state index contributed by atoms with van der Waals surface area (Å²) in [6, 6.07) is 18.2. The van der Waals surface area contributed by atoms with Gasteiger partial charge in [0.2, 0.25) is 5.91 Å². The minimum Gasteiger partial charge on any atom is -0.491 e. The summed E-state index contributed by atoms with van der Waals surface area (Å²) in [5, 5.41) is 3.16. The maximum atomic E-state index is 13.0. The van der Waals surface area contributed by atoms with Crippen molar-refractivity contribution in [1.82, 2.24) is 5.32 Å². The molecule has 1 fully saturated rings. The van der Waals surface area contributed by atoms with Gasteiger partial charge >= 0.3 is 0 Å². The van der Waals surface area contributed by atoms with Gasteiger partial charge in [0.05, 0.1) is 11.5 Å². The monoisotopic (exact) mass is 337 g/mol. The van der Waals surface area contributed by atoms with Crippen LogP contribution < -0.4 is 10.1 Å². The van der Waals surface area contributed by atoms with Crippen molar-refractivity contribution in [2.24, 2.45) is 0 Å². The van der Waals surface area contributed by atoms with Gasteiger partial charge in [-0.1, -0.05) is 55.3 Å². The molecular formula is C22H27NO2. The van der Waals surface area contributed by atoms with Gasteiger partial charge in [0.25, 0.3) is 0 Å². The van der Waals surface area contributed by atoms with Crippen LogP contribution in [0.25, 0.3) is 0 Å². The third-order valence-corrected chi connectivity index (χ3v) is 4.97. The van der Waals surface area contributed by atoms with Crippen LogP contribution in [-0.4, -0.2) is 12.0 Å². The molecule has 3 nitrogen and oxygen atoms in total. The number of nitrogens with one attached hydrogen (secondary N) is 1. The molecule has 0 radical (unpaired) electrons. The van der Waals surface area contributed by atoms with E-state index in [9.17, 15) is 4.79 Å². The van der Waals surface area contributed by atoms with E-state index in [1.54, 1.807) is 0 Å². The Balaban J connectivity index is 1.66. The van der Waals surface area contributed by atoms with Crippen LogP contribution in [0, 0.1) is 0 Å². The largest absolute Gasteiger partial charge is 0.491 e. The van der Waals surface area contributed by atoms with E-state index in [-0.39, 0.29) is 17.4 Å². The molecule has 132 valence electrons. The van der Waals surface area contributed by atoms with E-state index in [0.29, 0.717) is 6.54 Å². The Bertz CT molecular complexity index is 686. The summed E-state index contributed by atoms with van der Waals surface area (Å²) in [7, 11) is 0. The number of ether oxygens (including phenoxy) is 1. The van der Waals surface area contributed by atoms with Crippen LogP contribution >= 0.6 is 0 Å². The number of benzene rings is 2. The molecule has 0 aliphatic heterocycles. The lowest BCUT2D eigenvalue weighted by Crippen LogP contribution is -2.42. The summed E-state index contributed by atoms with van der Waals surface area (Å²) in [4.78, 5) is 13.0. The van der Waals surface area contributed by atoms with Crippen molar-refractivity contribution in [3.05, 3.63) is 65.7 Å². The summed E-state index contributed by atoms with van der Waals surface area (Å²) < 4.78 is 5.66. The zero-order valence-corrected chi connectivity index (χ0v) is 15.1. The Morgan fingerprint density at radius 1 is 1.04 bits per heavy atom. The maximum Gasteiger partial charge on any atom is 0.230 e. The number of carbonyl (C=O) groups is 1. The van der Waals surface area contributed by atoms with Gasteiger partial charge in [-0.15, -0.1) is 0 Å². The van der Waals surface area contributed by atoms with E-state index in [4.69, 9.17) is 4.74 Å². The zero-order chi connectivity index (χ0) is 17.7. The van der Waals surface area contributed by atoms with Crippen molar-refractivity contribution >= 4 is 5.91 Å². The van der Waals surface area contributed by atoms with Gasteiger partial charge in [0.1, 0.15) is 5.75 Å². The first-order chi connectivity index (χ1) is 12.1. The standard InChI is InChI=1S/C22H27NO2/c1-17(2)25-20-12-10-18(11-13-20)16-23-21(24)22(14-6-7-15-22)19-8-4-3-5-9-19/h3-5,8-13,17H,6-7,14-16H2,1-2H3,(H,23,24). The molecule has 2 aromatic rings. The summed E-state index contributed by atoms with van der Waals surface area (Å²) in [5.41, 5.74) is 1.87. The SMILES string of the molecule is CC(C)Oc1ccc(CNC(=O)C2(c3ccccc3)CCCC2)cc1. The molecule has 1 saturated carbocycles. The summed E-state index contributed by atoms with van der Waals surface area (Å²) >= 11 is 0. The van der Waals surface area contributed by atoms with Crippen LogP contribution in [0.5, 0.6) is 5.75 Å². The van der Waals surface area contributed by atoms with Crippen molar-refractivity contribution in [1.29, 1.82) is 0 Å². The maximum absolute atomic E-state index is 13.0. The Kier molecular flexibility index (Phi) is 5.42. The molecule has 0 unspecified atom stereocenters. The van der Waals surface area contributed by atoms with E-state index >= 15 is 0 Å². The molecule has 3 rings (SSSR count). The second-order valence-corrected chi connectivity index (χ2v) is 7.15. The van der Waals surface area contributed by atoms with Crippen molar-refractivity contribution in [3.63, 3.8) is 0 Å². The zero-order valence-electron chi connectivity index (χ0n) is 15.1. The first kappa shape index (κ1) is 17.5. The molecule has 1 aliphatic carbocycles. The molecule has 1 amide bonds. The van der Waals surface area contributed by atoms with Gasteiger partial charge in [-0.05, 0) is 49.9 Å². The lowest BCUT2D eigenvalue weighted by atomic mass is 9.78. The molecule has 25 heavy (non-hydrogen) atoms. The molecule has 1 aliphatic rings. The lowest BCUT2D eigenvalue weighted by molar-refractivity contribution is -0.126. The van der Waals surface area contributed by atoms with Crippen molar-refractivity contribution in [3.8, 4) is 5.75 Å². The molecule has 0 spiro atoms. The molecule has 1 N–H and O–H groups in total. The Labute approximate surface area is 150 Å². The minimum absolute atomic E-state index is 0.152. The smallest absolute Gasteiger partial charge is 0.230 e. The molecular weight excluding hydrogens is 310 g/mol. The van der Waals surface area contributed by atoms with Crippen LogP contribution in [0.3, 0.4) is 0 Å². The van der Waals surface area contributed by atoms with Gasteiger partial charge in [-0.2, -0.15) is 0 Å². The topological polar surface area (TPSA) is 38.3 Å². The number of hydrogen-bond acceptors (Lipinski definition) is 2. The second kappa shape index (κ2) is 7.73. The summed E-state index contributed by atoms with van der Waals surface area (Å²) in [6.07, 6.45) is 4.26. The highest BCUT2D eigenvalue weighted by atomic mass is 16.5. The van der Waals surface area contributed by atoms with E-state index in [2.05, 4.69) is 17.4 Å².